The second-order valence-corrected chi connectivity index (χ2v) is 6.93. The largest absolute Gasteiger partial charge is 0.323 e. The molecule has 1 aromatic heterocycles. The Morgan fingerprint density at radius 2 is 1.81 bits per heavy atom. The van der Waals surface area contributed by atoms with Crippen LogP contribution < -0.4 is 5.32 Å². The van der Waals surface area contributed by atoms with E-state index in [2.05, 4.69) is 16.4 Å². The van der Waals surface area contributed by atoms with Crippen LogP contribution in [0, 0.1) is 31.3 Å². The van der Waals surface area contributed by atoms with E-state index in [1.54, 1.807) is 12.4 Å². The minimum absolute atomic E-state index is 0.0692. The molecule has 0 aliphatic rings. The Kier molecular flexibility index (Phi) is 5.55. The molecule has 0 saturated heterocycles. The number of hydrogen-bond donors (Lipinski definition) is 1. The van der Waals surface area contributed by atoms with E-state index in [0.717, 1.165) is 40.7 Å². The number of halogens is 3. The Balaban J connectivity index is 1.70. The maximum Gasteiger partial charge on any atom is 0.234 e. The van der Waals surface area contributed by atoms with Gasteiger partial charge < -0.3 is 5.32 Å². The van der Waals surface area contributed by atoms with Crippen LogP contribution in [0.25, 0.3) is 5.69 Å². The first-order valence-electron chi connectivity index (χ1n) is 8.03. The standard InChI is InChI=1S/C19H16F3N3OS/c1-11-7-12(2)9-13(8-11)25-6-5-23-19(25)27-10-16(26)24-15-4-3-14(20)17(21)18(15)22/h3-9H,10H2,1-2H3,(H,24,26). The van der Waals surface area contributed by atoms with Gasteiger partial charge in [0.2, 0.25) is 5.91 Å². The molecule has 3 aromatic rings. The molecule has 0 bridgehead atoms. The van der Waals surface area contributed by atoms with Gasteiger partial charge in [-0.1, -0.05) is 17.8 Å². The summed E-state index contributed by atoms with van der Waals surface area (Å²) in [5.74, 6) is -4.98. The molecule has 27 heavy (non-hydrogen) atoms. The number of benzene rings is 2. The molecule has 0 radical (unpaired) electrons. The maximum atomic E-state index is 13.6. The molecule has 0 spiro atoms. The summed E-state index contributed by atoms with van der Waals surface area (Å²) >= 11 is 1.15. The molecular formula is C19H16F3N3OS. The fourth-order valence-electron chi connectivity index (χ4n) is 2.62. The average molecular weight is 391 g/mol. The number of thioether (sulfide) groups is 1. The van der Waals surface area contributed by atoms with Gasteiger partial charge in [-0.25, -0.2) is 18.2 Å². The minimum Gasteiger partial charge on any atom is -0.323 e. The van der Waals surface area contributed by atoms with Gasteiger partial charge in [0, 0.05) is 18.1 Å². The summed E-state index contributed by atoms with van der Waals surface area (Å²) in [6.07, 6.45) is 3.40. The van der Waals surface area contributed by atoms with Crippen molar-refractivity contribution in [2.24, 2.45) is 0 Å². The monoisotopic (exact) mass is 391 g/mol. The number of carbonyl (C=O) groups is 1. The zero-order chi connectivity index (χ0) is 19.6. The molecule has 8 heteroatoms. The Morgan fingerprint density at radius 3 is 2.52 bits per heavy atom. The molecule has 1 heterocycles. The molecule has 0 atom stereocenters. The number of carbonyl (C=O) groups excluding carboxylic acids is 1. The van der Waals surface area contributed by atoms with Crippen LogP contribution in [0.1, 0.15) is 11.1 Å². The van der Waals surface area contributed by atoms with Crippen molar-refractivity contribution in [3.8, 4) is 5.69 Å². The van der Waals surface area contributed by atoms with E-state index < -0.39 is 29.0 Å². The van der Waals surface area contributed by atoms with Gasteiger partial charge in [0.15, 0.2) is 22.6 Å². The van der Waals surface area contributed by atoms with Gasteiger partial charge in [-0.05, 0) is 49.2 Å². The number of anilines is 1. The van der Waals surface area contributed by atoms with Crippen molar-refractivity contribution < 1.29 is 18.0 Å². The van der Waals surface area contributed by atoms with Crippen molar-refractivity contribution in [3.63, 3.8) is 0 Å². The number of hydrogen-bond acceptors (Lipinski definition) is 3. The van der Waals surface area contributed by atoms with Crippen molar-refractivity contribution >= 4 is 23.4 Å². The van der Waals surface area contributed by atoms with Gasteiger partial charge in [0.1, 0.15) is 0 Å². The van der Waals surface area contributed by atoms with Crippen LogP contribution in [0.5, 0.6) is 0 Å². The molecular weight excluding hydrogens is 375 g/mol. The molecule has 0 unspecified atom stereocenters. The number of aromatic nitrogens is 2. The number of imidazole rings is 1. The fourth-order valence-corrected chi connectivity index (χ4v) is 3.39. The van der Waals surface area contributed by atoms with Crippen LogP contribution >= 0.6 is 11.8 Å². The third-order valence-corrected chi connectivity index (χ3v) is 4.70. The highest BCUT2D eigenvalue weighted by Crippen LogP contribution is 2.23. The zero-order valence-corrected chi connectivity index (χ0v) is 15.4. The quantitative estimate of drug-likeness (QED) is 0.509. The number of nitrogens with one attached hydrogen (secondary N) is 1. The Morgan fingerprint density at radius 1 is 1.11 bits per heavy atom. The van der Waals surface area contributed by atoms with Gasteiger partial charge >= 0.3 is 0 Å². The van der Waals surface area contributed by atoms with Crippen LogP contribution in [0.15, 0.2) is 47.9 Å². The summed E-state index contributed by atoms with van der Waals surface area (Å²) in [4.78, 5) is 16.3. The number of aryl methyl sites for hydroxylation is 2. The summed E-state index contributed by atoms with van der Waals surface area (Å²) in [6.45, 7) is 3.98. The third-order valence-electron chi connectivity index (χ3n) is 3.73. The van der Waals surface area contributed by atoms with Crippen LogP contribution in [0.2, 0.25) is 0 Å². The first-order valence-corrected chi connectivity index (χ1v) is 9.02. The lowest BCUT2D eigenvalue weighted by atomic mass is 10.1. The Hall–Kier alpha value is -2.74. The summed E-state index contributed by atoms with van der Waals surface area (Å²) in [7, 11) is 0. The predicted octanol–water partition coefficient (Wildman–Crippen LogP) is 4.64. The summed E-state index contributed by atoms with van der Waals surface area (Å²) < 4.78 is 41.7. The zero-order valence-electron chi connectivity index (χ0n) is 14.6. The lowest BCUT2D eigenvalue weighted by Crippen LogP contribution is -2.16. The molecule has 0 aliphatic carbocycles. The van der Waals surface area contributed by atoms with Crippen molar-refractivity contribution in [3.05, 3.63) is 71.3 Å². The highest BCUT2D eigenvalue weighted by molar-refractivity contribution is 7.99. The summed E-state index contributed by atoms with van der Waals surface area (Å²) in [5, 5.41) is 2.82. The van der Waals surface area contributed by atoms with E-state index in [4.69, 9.17) is 0 Å². The van der Waals surface area contributed by atoms with Gasteiger partial charge in [0.05, 0.1) is 11.4 Å². The molecule has 4 nitrogen and oxygen atoms in total. The normalized spacial score (nSPS) is 10.9. The van der Waals surface area contributed by atoms with Crippen molar-refractivity contribution in [2.75, 3.05) is 11.1 Å². The van der Waals surface area contributed by atoms with Crippen molar-refractivity contribution in [2.45, 2.75) is 19.0 Å². The molecule has 0 aliphatic heterocycles. The SMILES string of the molecule is Cc1cc(C)cc(-n2ccnc2SCC(=O)Nc2ccc(F)c(F)c2F)c1. The lowest BCUT2D eigenvalue weighted by molar-refractivity contribution is -0.113. The molecule has 3 rings (SSSR count). The second kappa shape index (κ2) is 7.87. The summed E-state index contributed by atoms with van der Waals surface area (Å²) in [5.41, 5.74) is 2.71. The summed E-state index contributed by atoms with van der Waals surface area (Å²) in [6, 6.07) is 7.78. The van der Waals surface area contributed by atoms with E-state index in [1.807, 2.05) is 30.5 Å². The highest BCUT2D eigenvalue weighted by Gasteiger charge is 2.16. The third kappa shape index (κ3) is 4.33. The van der Waals surface area contributed by atoms with E-state index in [0.29, 0.717) is 5.16 Å². The first-order chi connectivity index (χ1) is 12.8. The van der Waals surface area contributed by atoms with Crippen LogP contribution in [0.3, 0.4) is 0 Å². The van der Waals surface area contributed by atoms with Crippen LogP contribution in [0.4, 0.5) is 18.9 Å². The van der Waals surface area contributed by atoms with E-state index >= 15 is 0 Å². The topological polar surface area (TPSA) is 46.9 Å². The smallest absolute Gasteiger partial charge is 0.234 e. The predicted molar refractivity (Wildman–Crippen MR) is 98.7 cm³/mol. The Labute approximate surface area is 158 Å². The molecule has 140 valence electrons. The molecule has 2 aromatic carbocycles. The van der Waals surface area contributed by atoms with Gasteiger partial charge in [0.25, 0.3) is 0 Å². The second-order valence-electron chi connectivity index (χ2n) is 5.99. The van der Waals surface area contributed by atoms with Crippen molar-refractivity contribution in [1.29, 1.82) is 0 Å². The first kappa shape index (κ1) is 19.0. The molecule has 1 N–H and O–H groups in total. The average Bonchev–Trinajstić information content (AvgIpc) is 3.08. The Bertz CT molecular complexity index is 984. The van der Waals surface area contributed by atoms with Gasteiger partial charge in [-0.2, -0.15) is 0 Å². The highest BCUT2D eigenvalue weighted by atomic mass is 32.2. The van der Waals surface area contributed by atoms with Crippen LogP contribution in [-0.2, 0) is 4.79 Å². The number of amides is 1. The minimum atomic E-state index is -1.62. The molecule has 1 amide bonds. The van der Waals surface area contributed by atoms with Crippen LogP contribution in [-0.4, -0.2) is 21.2 Å². The number of nitrogens with zero attached hydrogens (tertiary/aromatic N) is 2. The van der Waals surface area contributed by atoms with Gasteiger partial charge in [-0.3, -0.25) is 9.36 Å². The van der Waals surface area contributed by atoms with E-state index in [9.17, 15) is 18.0 Å². The fraction of sp³-hybridized carbons (Fsp3) is 0.158. The van der Waals surface area contributed by atoms with E-state index in [-0.39, 0.29) is 5.75 Å². The molecule has 0 fully saturated rings. The number of rotatable bonds is 5. The molecule has 0 saturated carbocycles. The van der Waals surface area contributed by atoms with E-state index in [1.165, 1.54) is 0 Å². The maximum absolute atomic E-state index is 13.6. The van der Waals surface area contributed by atoms with Gasteiger partial charge in [-0.15, -0.1) is 0 Å². The van der Waals surface area contributed by atoms with Crippen molar-refractivity contribution in [1.82, 2.24) is 9.55 Å². The lowest BCUT2D eigenvalue weighted by Gasteiger charge is -2.10.